The average molecular weight is 376 g/mol. The third kappa shape index (κ3) is 5.76. The molecule has 150 valence electrons. The van der Waals surface area contributed by atoms with E-state index in [1.54, 1.807) is 6.20 Å². The Hall–Kier alpha value is -1.95. The molecule has 1 aromatic heterocycles. The summed E-state index contributed by atoms with van der Waals surface area (Å²) >= 11 is 0. The van der Waals surface area contributed by atoms with E-state index in [0.717, 1.165) is 18.5 Å². The zero-order chi connectivity index (χ0) is 20.2. The highest BCUT2D eigenvalue weighted by Crippen LogP contribution is 2.39. The lowest BCUT2D eigenvalue weighted by atomic mass is 9.73. The smallest absolute Gasteiger partial charge is 0.311 e. The Morgan fingerprint density at radius 2 is 2.04 bits per heavy atom. The van der Waals surface area contributed by atoms with Gasteiger partial charge in [-0.15, -0.1) is 0 Å². The summed E-state index contributed by atoms with van der Waals surface area (Å²) in [5.74, 6) is -0.885. The highest BCUT2D eigenvalue weighted by Gasteiger charge is 2.39. The molecule has 0 amide bonds. The molecule has 2 heterocycles. The Morgan fingerprint density at radius 3 is 2.63 bits per heavy atom. The van der Waals surface area contributed by atoms with Crippen LogP contribution in [0.1, 0.15) is 58.6 Å². The van der Waals surface area contributed by atoms with Gasteiger partial charge in [0.15, 0.2) is 0 Å². The Morgan fingerprint density at radius 1 is 1.33 bits per heavy atom. The monoisotopic (exact) mass is 376 g/mol. The maximum atomic E-state index is 12.7. The largest absolute Gasteiger partial charge is 0.481 e. The molecule has 6 nitrogen and oxygen atoms in total. The summed E-state index contributed by atoms with van der Waals surface area (Å²) in [6, 6.07) is 4.18. The number of carboxylic acid groups (broad SMARTS) is 1. The second-order valence-electron chi connectivity index (χ2n) is 9.15. The number of ether oxygens (including phenoxy) is 1. The number of carboxylic acids is 1. The summed E-state index contributed by atoms with van der Waals surface area (Å²) in [5.41, 5.74) is -0.0617. The van der Waals surface area contributed by atoms with E-state index in [9.17, 15) is 9.59 Å². The van der Waals surface area contributed by atoms with Crippen molar-refractivity contribution in [3.05, 3.63) is 30.1 Å². The molecular formula is C21H32N2O4. The SMILES string of the molecule is CN1CCC(COC(=O)C(C)(C)CC(C)(C)CC(=O)O)C1c1cccnc1. The number of carbonyl (C=O) groups is 2. The van der Waals surface area contributed by atoms with Crippen LogP contribution >= 0.6 is 0 Å². The van der Waals surface area contributed by atoms with Crippen molar-refractivity contribution in [2.24, 2.45) is 16.7 Å². The van der Waals surface area contributed by atoms with Crippen LogP contribution in [0.3, 0.4) is 0 Å². The summed E-state index contributed by atoms with van der Waals surface area (Å²) in [6.45, 7) is 8.74. The van der Waals surface area contributed by atoms with Gasteiger partial charge >= 0.3 is 11.9 Å². The van der Waals surface area contributed by atoms with Gasteiger partial charge in [-0.1, -0.05) is 19.9 Å². The van der Waals surface area contributed by atoms with E-state index in [4.69, 9.17) is 9.84 Å². The van der Waals surface area contributed by atoms with Gasteiger partial charge in [0.1, 0.15) is 0 Å². The van der Waals surface area contributed by atoms with Crippen LogP contribution in [0, 0.1) is 16.7 Å². The summed E-state index contributed by atoms with van der Waals surface area (Å²) in [5, 5.41) is 9.07. The maximum absolute atomic E-state index is 12.7. The second-order valence-corrected chi connectivity index (χ2v) is 9.15. The van der Waals surface area contributed by atoms with E-state index in [1.807, 2.05) is 40.0 Å². The molecule has 2 rings (SSSR count). The molecule has 0 aromatic carbocycles. The molecule has 0 aliphatic carbocycles. The molecule has 1 saturated heterocycles. The first-order chi connectivity index (χ1) is 12.5. The summed E-state index contributed by atoms with van der Waals surface area (Å²) < 4.78 is 5.71. The molecule has 27 heavy (non-hydrogen) atoms. The van der Waals surface area contributed by atoms with Crippen molar-refractivity contribution < 1.29 is 19.4 Å². The van der Waals surface area contributed by atoms with Crippen LogP contribution in [0.25, 0.3) is 0 Å². The molecule has 1 aromatic rings. The number of aliphatic carboxylic acids is 1. The van der Waals surface area contributed by atoms with Crippen LogP contribution in [-0.4, -0.2) is 47.1 Å². The zero-order valence-corrected chi connectivity index (χ0v) is 17.1. The minimum atomic E-state index is -0.850. The molecule has 0 bridgehead atoms. The highest BCUT2D eigenvalue weighted by atomic mass is 16.5. The Kier molecular flexibility index (Phi) is 6.63. The fourth-order valence-corrected chi connectivity index (χ4v) is 4.40. The normalized spacial score (nSPS) is 21.2. The predicted octanol–water partition coefficient (Wildman–Crippen LogP) is 3.53. The van der Waals surface area contributed by atoms with Gasteiger partial charge in [-0.25, -0.2) is 0 Å². The third-order valence-electron chi connectivity index (χ3n) is 5.33. The second kappa shape index (κ2) is 8.38. The van der Waals surface area contributed by atoms with Gasteiger partial charge in [-0.05, 0) is 57.3 Å². The van der Waals surface area contributed by atoms with Gasteiger partial charge in [-0.3, -0.25) is 19.5 Å². The molecule has 1 fully saturated rings. The fraction of sp³-hybridized carbons (Fsp3) is 0.667. The fourth-order valence-electron chi connectivity index (χ4n) is 4.40. The molecule has 0 spiro atoms. The van der Waals surface area contributed by atoms with Crippen molar-refractivity contribution in [1.82, 2.24) is 9.88 Å². The number of hydrogen-bond donors (Lipinski definition) is 1. The van der Waals surface area contributed by atoms with Crippen molar-refractivity contribution in [1.29, 1.82) is 0 Å². The van der Waals surface area contributed by atoms with E-state index >= 15 is 0 Å². The first-order valence-electron chi connectivity index (χ1n) is 9.51. The van der Waals surface area contributed by atoms with Crippen LogP contribution in [0.4, 0.5) is 0 Å². The molecule has 1 N–H and O–H groups in total. The molecule has 2 unspecified atom stereocenters. The van der Waals surface area contributed by atoms with E-state index in [-0.39, 0.29) is 24.3 Å². The van der Waals surface area contributed by atoms with E-state index in [0.29, 0.717) is 13.0 Å². The number of nitrogens with zero attached hydrogens (tertiary/aromatic N) is 2. The first-order valence-corrected chi connectivity index (χ1v) is 9.51. The third-order valence-corrected chi connectivity index (χ3v) is 5.33. The average Bonchev–Trinajstić information content (AvgIpc) is 2.91. The number of aromatic nitrogens is 1. The lowest BCUT2D eigenvalue weighted by molar-refractivity contribution is -0.158. The van der Waals surface area contributed by atoms with Gasteiger partial charge in [0.05, 0.1) is 18.4 Å². The summed E-state index contributed by atoms with van der Waals surface area (Å²) in [4.78, 5) is 30.2. The first kappa shape index (κ1) is 21.4. The Balaban J connectivity index is 1.98. The van der Waals surface area contributed by atoms with Crippen LogP contribution in [0.15, 0.2) is 24.5 Å². The molecule has 1 aliphatic heterocycles. The van der Waals surface area contributed by atoms with Gasteiger partial charge < -0.3 is 9.84 Å². The Labute approximate surface area is 161 Å². The molecule has 2 atom stereocenters. The lowest BCUT2D eigenvalue weighted by Gasteiger charge is -2.33. The van der Waals surface area contributed by atoms with Crippen LogP contribution < -0.4 is 0 Å². The van der Waals surface area contributed by atoms with Crippen LogP contribution in [-0.2, 0) is 14.3 Å². The molecular weight excluding hydrogens is 344 g/mol. The van der Waals surface area contributed by atoms with Crippen molar-refractivity contribution >= 4 is 11.9 Å². The zero-order valence-electron chi connectivity index (χ0n) is 17.1. The van der Waals surface area contributed by atoms with Crippen LogP contribution in [0.2, 0.25) is 0 Å². The van der Waals surface area contributed by atoms with Crippen molar-refractivity contribution in [3.8, 4) is 0 Å². The minimum absolute atomic E-state index is 0.0280. The van der Waals surface area contributed by atoms with Gasteiger partial charge in [0, 0.05) is 24.4 Å². The van der Waals surface area contributed by atoms with Crippen molar-refractivity contribution in [2.75, 3.05) is 20.2 Å². The van der Waals surface area contributed by atoms with Crippen molar-refractivity contribution in [2.45, 2.75) is 53.0 Å². The number of likely N-dealkylation sites (tertiary alicyclic amines) is 1. The van der Waals surface area contributed by atoms with Crippen molar-refractivity contribution in [3.63, 3.8) is 0 Å². The van der Waals surface area contributed by atoms with Gasteiger partial charge in [0.25, 0.3) is 0 Å². The number of esters is 1. The topological polar surface area (TPSA) is 79.7 Å². The minimum Gasteiger partial charge on any atom is -0.481 e. The lowest BCUT2D eigenvalue weighted by Crippen LogP contribution is -2.34. The van der Waals surface area contributed by atoms with E-state index in [2.05, 4.69) is 23.0 Å². The Bertz CT molecular complexity index is 657. The molecule has 1 aliphatic rings. The molecule has 0 radical (unpaired) electrons. The van der Waals surface area contributed by atoms with Gasteiger partial charge in [0.2, 0.25) is 0 Å². The maximum Gasteiger partial charge on any atom is 0.311 e. The van der Waals surface area contributed by atoms with E-state index in [1.165, 1.54) is 0 Å². The quantitative estimate of drug-likeness (QED) is 0.699. The molecule has 6 heteroatoms. The number of rotatable bonds is 8. The molecule has 0 saturated carbocycles. The van der Waals surface area contributed by atoms with Crippen LogP contribution in [0.5, 0.6) is 0 Å². The number of pyridine rings is 1. The predicted molar refractivity (Wildman–Crippen MR) is 103 cm³/mol. The summed E-state index contributed by atoms with van der Waals surface area (Å²) in [7, 11) is 2.08. The number of carbonyl (C=O) groups excluding carboxylic acids is 1. The van der Waals surface area contributed by atoms with Gasteiger partial charge in [-0.2, -0.15) is 0 Å². The number of hydrogen-bond acceptors (Lipinski definition) is 5. The highest BCUT2D eigenvalue weighted by molar-refractivity contribution is 5.76. The standard InChI is InChI=1S/C21H32N2O4/c1-20(2,11-17(24)25)14-21(3,4)19(26)27-13-16-8-10-23(5)18(16)15-7-6-9-22-12-15/h6-7,9,12,16,18H,8,10-11,13-14H2,1-5H3,(H,24,25). The van der Waals surface area contributed by atoms with E-state index < -0.39 is 16.8 Å². The summed E-state index contributed by atoms with van der Waals surface area (Å²) in [6.07, 6.45) is 5.09.